The molecule has 2 rings (SSSR count). The first-order valence-electron chi connectivity index (χ1n) is 4.79. The van der Waals surface area contributed by atoms with E-state index in [1.54, 1.807) is 24.3 Å². The van der Waals surface area contributed by atoms with E-state index < -0.39 is 0 Å². The molecule has 0 aliphatic rings. The summed E-state index contributed by atoms with van der Waals surface area (Å²) in [5, 5.41) is 1.24. The van der Waals surface area contributed by atoms with Gasteiger partial charge in [-0.3, -0.25) is 0 Å². The van der Waals surface area contributed by atoms with Gasteiger partial charge in [0.15, 0.2) is 0 Å². The van der Waals surface area contributed by atoms with Gasteiger partial charge in [0.2, 0.25) is 0 Å². The molecule has 0 radical (unpaired) electrons. The molecule has 0 spiro atoms. The van der Waals surface area contributed by atoms with Gasteiger partial charge in [-0.15, -0.1) is 12.1 Å². The molecule has 5 heteroatoms. The maximum atomic E-state index is 6.03. The Kier molecular flexibility index (Phi) is 9.08. The minimum atomic E-state index is 0. The quantitative estimate of drug-likeness (QED) is 0.589. The number of halogens is 3. The van der Waals surface area contributed by atoms with Crippen molar-refractivity contribution >= 4 is 46.3 Å². The fourth-order valence-electron chi connectivity index (χ4n) is 1.29. The van der Waals surface area contributed by atoms with Gasteiger partial charge in [-0.1, -0.05) is 29.3 Å². The van der Waals surface area contributed by atoms with Crippen molar-refractivity contribution in [3.05, 3.63) is 64.1 Å². The third-order valence-electron chi connectivity index (χ3n) is 2.13. The zero-order valence-corrected chi connectivity index (χ0v) is 14.0. The van der Waals surface area contributed by atoms with Crippen molar-refractivity contribution < 1.29 is 21.7 Å². The van der Waals surface area contributed by atoms with Gasteiger partial charge < -0.3 is 21.7 Å². The molecule has 2 aromatic carbocycles. The van der Waals surface area contributed by atoms with Crippen LogP contribution < -0.4 is 21.7 Å². The number of benzene rings is 2. The smallest absolute Gasteiger partial charge is 1.00 e. The summed E-state index contributed by atoms with van der Waals surface area (Å²) in [4.78, 5) is 0. The molecule has 0 atom stereocenters. The summed E-state index contributed by atoms with van der Waals surface area (Å²) in [6.45, 7) is 0.364. The van der Waals surface area contributed by atoms with E-state index in [4.69, 9.17) is 27.9 Å². The van der Waals surface area contributed by atoms with E-state index in [-0.39, 0.29) is 40.0 Å². The van der Waals surface area contributed by atoms with Crippen LogP contribution in [0, 0.1) is 6.07 Å². The third kappa shape index (κ3) is 4.98. The van der Waals surface area contributed by atoms with Crippen molar-refractivity contribution in [3.63, 3.8) is 0 Å². The number of hydrogen-bond donors (Lipinski definition) is 0. The molecule has 0 aliphatic carbocycles. The SMILES string of the molecule is Clc1cccc(Cl)c1COc1cc[c-]cc1.[Br-].[Mg+2]. The molecule has 0 saturated carbocycles. The monoisotopic (exact) mass is 354 g/mol. The van der Waals surface area contributed by atoms with E-state index in [2.05, 4.69) is 6.07 Å². The van der Waals surface area contributed by atoms with Crippen LogP contribution in [0.25, 0.3) is 0 Å². The molecule has 0 aliphatic heterocycles. The fourth-order valence-corrected chi connectivity index (χ4v) is 1.80. The second kappa shape index (κ2) is 9.05. The summed E-state index contributed by atoms with van der Waals surface area (Å²) in [5.41, 5.74) is 0.804. The van der Waals surface area contributed by atoms with Crippen LogP contribution in [0.2, 0.25) is 10.0 Å². The molecule has 0 saturated heterocycles. The van der Waals surface area contributed by atoms with Gasteiger partial charge in [0.1, 0.15) is 6.61 Å². The maximum absolute atomic E-state index is 6.03. The minimum absolute atomic E-state index is 0. The standard InChI is InChI=1S/C13H9Cl2O.BrH.Mg/c14-12-7-4-8-13(15)11(12)9-16-10-5-2-1-3-6-10;;/h2-8H,9H2;1H;/q-1;;+2/p-1. The number of hydrogen-bond acceptors (Lipinski definition) is 1. The van der Waals surface area contributed by atoms with E-state index >= 15 is 0 Å². The van der Waals surface area contributed by atoms with Crippen molar-refractivity contribution in [1.29, 1.82) is 0 Å². The molecule has 0 aromatic heterocycles. The van der Waals surface area contributed by atoms with Crippen LogP contribution in [0.1, 0.15) is 5.56 Å². The number of ether oxygens (including phenoxy) is 1. The molecule has 0 fully saturated rings. The molecule has 90 valence electrons. The van der Waals surface area contributed by atoms with Crippen molar-refractivity contribution in [2.45, 2.75) is 6.61 Å². The van der Waals surface area contributed by atoms with Crippen LogP contribution in [0.4, 0.5) is 0 Å². The van der Waals surface area contributed by atoms with Crippen molar-refractivity contribution in [2.24, 2.45) is 0 Å². The Morgan fingerprint density at radius 2 is 1.56 bits per heavy atom. The molecule has 0 unspecified atom stereocenters. The summed E-state index contributed by atoms with van der Waals surface area (Å²) in [6.07, 6.45) is 0. The molecular weight excluding hydrogens is 347 g/mol. The Morgan fingerprint density at radius 3 is 2.11 bits per heavy atom. The van der Waals surface area contributed by atoms with Crippen LogP contribution in [-0.4, -0.2) is 23.1 Å². The molecular formula is C13H9BrCl2MgO. The van der Waals surface area contributed by atoms with E-state index in [0.29, 0.717) is 16.7 Å². The van der Waals surface area contributed by atoms with Crippen molar-refractivity contribution in [2.75, 3.05) is 0 Å². The van der Waals surface area contributed by atoms with Gasteiger partial charge in [0.05, 0.1) is 0 Å². The molecule has 0 bridgehead atoms. The van der Waals surface area contributed by atoms with Gasteiger partial charge in [-0.05, 0) is 12.1 Å². The predicted molar refractivity (Wildman–Crippen MR) is 71.8 cm³/mol. The average molecular weight is 356 g/mol. The Balaban J connectivity index is 0.00000144. The first-order valence-corrected chi connectivity index (χ1v) is 5.55. The first kappa shape index (κ1) is 18.1. The van der Waals surface area contributed by atoms with Crippen LogP contribution in [0.3, 0.4) is 0 Å². The van der Waals surface area contributed by atoms with Crippen LogP contribution in [0.5, 0.6) is 5.75 Å². The van der Waals surface area contributed by atoms with Gasteiger partial charge in [-0.25, -0.2) is 0 Å². The van der Waals surface area contributed by atoms with Crippen molar-refractivity contribution in [3.8, 4) is 5.75 Å². The zero-order valence-electron chi connectivity index (χ0n) is 9.50. The van der Waals surface area contributed by atoms with Gasteiger partial charge in [0, 0.05) is 21.4 Å². The normalized spacial score (nSPS) is 9.00. The average Bonchev–Trinajstić information content (AvgIpc) is 2.30. The molecule has 18 heavy (non-hydrogen) atoms. The van der Waals surface area contributed by atoms with Crippen LogP contribution in [-0.2, 0) is 6.61 Å². The van der Waals surface area contributed by atoms with E-state index in [9.17, 15) is 0 Å². The van der Waals surface area contributed by atoms with E-state index in [0.717, 1.165) is 11.3 Å². The van der Waals surface area contributed by atoms with Crippen LogP contribution in [0.15, 0.2) is 42.5 Å². The van der Waals surface area contributed by atoms with Crippen LogP contribution >= 0.6 is 23.2 Å². The van der Waals surface area contributed by atoms with Gasteiger partial charge in [-0.2, -0.15) is 18.2 Å². The predicted octanol–water partition coefficient (Wildman–Crippen LogP) is 0.996. The summed E-state index contributed by atoms with van der Waals surface area (Å²) < 4.78 is 5.56. The zero-order chi connectivity index (χ0) is 11.4. The van der Waals surface area contributed by atoms with E-state index in [1.165, 1.54) is 0 Å². The Hall–Kier alpha value is 0.0662. The van der Waals surface area contributed by atoms with Crippen molar-refractivity contribution in [1.82, 2.24) is 0 Å². The van der Waals surface area contributed by atoms with Gasteiger partial charge >= 0.3 is 23.1 Å². The summed E-state index contributed by atoms with van der Waals surface area (Å²) in [7, 11) is 0. The fraction of sp³-hybridized carbons (Fsp3) is 0.0769. The molecule has 2 aromatic rings. The second-order valence-corrected chi connectivity index (χ2v) is 4.04. The molecule has 1 nitrogen and oxygen atoms in total. The first-order chi connectivity index (χ1) is 7.77. The minimum Gasteiger partial charge on any atom is -1.00 e. The summed E-state index contributed by atoms with van der Waals surface area (Å²) >= 11 is 12.1. The Labute approximate surface area is 143 Å². The van der Waals surface area contributed by atoms with E-state index in [1.807, 2.05) is 18.2 Å². The molecule has 0 heterocycles. The largest absolute Gasteiger partial charge is 2.00 e. The summed E-state index contributed by atoms with van der Waals surface area (Å²) in [5.74, 6) is 0.773. The van der Waals surface area contributed by atoms with Gasteiger partial charge in [0.25, 0.3) is 0 Å². The maximum Gasteiger partial charge on any atom is 2.00 e. The molecule has 0 N–H and O–H groups in total. The second-order valence-electron chi connectivity index (χ2n) is 3.22. The topological polar surface area (TPSA) is 9.23 Å². The third-order valence-corrected chi connectivity index (χ3v) is 2.84. The molecule has 0 amide bonds. The Bertz CT molecular complexity index is 459. The summed E-state index contributed by atoms with van der Waals surface area (Å²) in [6, 6.07) is 15.6. The Morgan fingerprint density at radius 1 is 1.00 bits per heavy atom. The number of rotatable bonds is 3.